The lowest BCUT2D eigenvalue weighted by Crippen LogP contribution is -2.19. The lowest BCUT2D eigenvalue weighted by molar-refractivity contribution is -0.00818. The molecule has 0 radical (unpaired) electrons. The molecule has 186 valence electrons. The largest absolute Gasteiger partial charge is 0.497 e. The van der Waals surface area contributed by atoms with E-state index in [1.54, 1.807) is 6.07 Å². The molecule has 0 spiro atoms. The molecule has 0 aliphatic heterocycles. The van der Waals surface area contributed by atoms with Gasteiger partial charge in [-0.1, -0.05) is 36.4 Å². The second-order valence-electron chi connectivity index (χ2n) is 7.39. The van der Waals surface area contributed by atoms with Gasteiger partial charge in [0, 0.05) is 7.11 Å². The Bertz CT molecular complexity index is 1250. The van der Waals surface area contributed by atoms with Crippen LogP contribution in [0.2, 0.25) is 0 Å². The van der Waals surface area contributed by atoms with Crippen molar-refractivity contribution in [1.29, 1.82) is 0 Å². The monoisotopic (exact) mass is 501 g/mol. The molecule has 0 saturated carbocycles. The predicted octanol–water partition coefficient (Wildman–Crippen LogP) is 3.78. The average molecular weight is 502 g/mol. The minimum atomic E-state index is -4.22. The second kappa shape index (κ2) is 12.2. The van der Waals surface area contributed by atoms with E-state index >= 15 is 0 Å². The molecule has 0 aromatic heterocycles. The fourth-order valence-corrected chi connectivity index (χ4v) is 4.64. The molecule has 0 fully saturated rings. The maximum absolute atomic E-state index is 13.5. The Morgan fingerprint density at radius 1 is 0.971 bits per heavy atom. The van der Waals surface area contributed by atoms with Gasteiger partial charge in [-0.3, -0.25) is 4.72 Å². The molecule has 0 saturated heterocycles. The van der Waals surface area contributed by atoms with Gasteiger partial charge in [-0.25, -0.2) is 13.2 Å². The van der Waals surface area contributed by atoms with Crippen LogP contribution in [0.25, 0.3) is 0 Å². The zero-order valence-electron chi connectivity index (χ0n) is 19.4. The van der Waals surface area contributed by atoms with Crippen LogP contribution in [0.5, 0.6) is 11.5 Å². The summed E-state index contributed by atoms with van der Waals surface area (Å²) in [6.45, 7) is 0.382. The van der Waals surface area contributed by atoms with Gasteiger partial charge in [-0.15, -0.1) is 0 Å². The van der Waals surface area contributed by atoms with Gasteiger partial charge in [0.2, 0.25) is 0 Å². The summed E-state index contributed by atoms with van der Waals surface area (Å²) in [6.07, 6.45) is 0.325. The van der Waals surface area contributed by atoms with Crippen molar-refractivity contribution >= 4 is 21.7 Å². The smallest absolute Gasteiger partial charge is 0.337 e. The topological polar surface area (TPSA) is 120 Å². The summed E-state index contributed by atoms with van der Waals surface area (Å²) < 4.78 is 50.4. The number of carboxylic acid groups (broad SMARTS) is 1. The predicted molar refractivity (Wildman–Crippen MR) is 130 cm³/mol. The minimum Gasteiger partial charge on any atom is -0.497 e. The number of methoxy groups -OCH3 is 2. The summed E-state index contributed by atoms with van der Waals surface area (Å²) in [5, 5.41) is 9.66. The Labute approximate surface area is 204 Å². The van der Waals surface area contributed by atoms with Gasteiger partial charge in [-0.2, -0.15) is 0 Å². The fourth-order valence-electron chi connectivity index (χ4n) is 3.33. The molecular formula is C25H27NO8S. The van der Waals surface area contributed by atoms with E-state index in [1.807, 2.05) is 30.3 Å². The summed E-state index contributed by atoms with van der Waals surface area (Å²) >= 11 is 0. The van der Waals surface area contributed by atoms with Crippen molar-refractivity contribution in [2.75, 3.05) is 38.9 Å². The van der Waals surface area contributed by atoms with E-state index in [2.05, 4.69) is 4.72 Å². The Morgan fingerprint density at radius 2 is 1.74 bits per heavy atom. The lowest BCUT2D eigenvalue weighted by Gasteiger charge is -2.18. The molecule has 0 bridgehead atoms. The number of rotatable bonds is 13. The standard InChI is InChI=1S/C25H27NO8S/c1-31-13-14-33-17-34-22-10-6-9-21(25(27)28)24(22)26-35(29,30)23-12-11-20(32-2)16-19(23)15-18-7-4-3-5-8-18/h3-12,16,26H,13-15,17H2,1-2H3,(H,27,28). The van der Waals surface area contributed by atoms with Crippen LogP contribution < -0.4 is 14.2 Å². The van der Waals surface area contributed by atoms with Gasteiger partial charge in [0.25, 0.3) is 10.0 Å². The maximum atomic E-state index is 13.5. The fraction of sp³-hybridized carbons (Fsp3) is 0.240. The number of carboxylic acids is 1. The zero-order valence-corrected chi connectivity index (χ0v) is 20.2. The van der Waals surface area contributed by atoms with Gasteiger partial charge < -0.3 is 24.1 Å². The molecule has 0 unspecified atom stereocenters. The first-order valence-corrected chi connectivity index (χ1v) is 12.1. The number of nitrogens with one attached hydrogen (secondary N) is 1. The van der Waals surface area contributed by atoms with Crippen LogP contribution in [-0.2, 0) is 25.9 Å². The summed E-state index contributed by atoms with van der Waals surface area (Å²) in [6, 6.07) is 18.2. The van der Waals surface area contributed by atoms with Crippen LogP contribution in [0.1, 0.15) is 21.5 Å². The second-order valence-corrected chi connectivity index (χ2v) is 9.04. The Balaban J connectivity index is 1.97. The van der Waals surface area contributed by atoms with Crippen molar-refractivity contribution in [3.8, 4) is 11.5 Å². The molecule has 3 rings (SSSR count). The van der Waals surface area contributed by atoms with E-state index in [1.165, 1.54) is 44.6 Å². The van der Waals surface area contributed by atoms with Crippen molar-refractivity contribution in [2.45, 2.75) is 11.3 Å². The van der Waals surface area contributed by atoms with E-state index in [0.717, 1.165) is 5.56 Å². The maximum Gasteiger partial charge on any atom is 0.337 e. The first-order valence-electron chi connectivity index (χ1n) is 10.6. The molecular weight excluding hydrogens is 474 g/mol. The Morgan fingerprint density at radius 3 is 2.43 bits per heavy atom. The molecule has 9 nitrogen and oxygen atoms in total. The molecule has 0 amide bonds. The summed E-state index contributed by atoms with van der Waals surface area (Å²) in [5.74, 6) is -0.797. The number of aromatic carboxylic acids is 1. The van der Waals surface area contributed by atoms with Gasteiger partial charge in [0.15, 0.2) is 6.79 Å². The van der Waals surface area contributed by atoms with Crippen molar-refractivity contribution in [3.05, 3.63) is 83.4 Å². The zero-order chi connectivity index (χ0) is 25.3. The molecule has 3 aromatic carbocycles. The highest BCUT2D eigenvalue weighted by molar-refractivity contribution is 7.92. The SMILES string of the molecule is COCCOCOc1cccc(C(=O)O)c1NS(=O)(=O)c1ccc(OC)cc1Cc1ccccc1. The molecule has 35 heavy (non-hydrogen) atoms. The molecule has 0 atom stereocenters. The number of hydrogen-bond donors (Lipinski definition) is 2. The van der Waals surface area contributed by atoms with Crippen molar-refractivity contribution in [1.82, 2.24) is 0 Å². The third-order valence-electron chi connectivity index (χ3n) is 5.02. The van der Waals surface area contributed by atoms with E-state index in [4.69, 9.17) is 18.9 Å². The summed E-state index contributed by atoms with van der Waals surface area (Å²) in [5.41, 5.74) is 0.930. The summed E-state index contributed by atoms with van der Waals surface area (Å²) in [7, 11) is -1.19. The molecule has 10 heteroatoms. The van der Waals surface area contributed by atoms with E-state index in [9.17, 15) is 18.3 Å². The number of anilines is 1. The van der Waals surface area contributed by atoms with Crippen molar-refractivity contribution in [2.24, 2.45) is 0 Å². The van der Waals surface area contributed by atoms with Gasteiger partial charge in [0.05, 0.1) is 30.8 Å². The van der Waals surface area contributed by atoms with Gasteiger partial charge in [0.1, 0.15) is 17.2 Å². The van der Waals surface area contributed by atoms with E-state index in [-0.39, 0.29) is 35.3 Å². The molecule has 0 heterocycles. The lowest BCUT2D eigenvalue weighted by atomic mass is 10.0. The van der Waals surface area contributed by atoms with Gasteiger partial charge >= 0.3 is 5.97 Å². The number of benzene rings is 3. The number of carbonyl (C=O) groups is 1. The van der Waals surface area contributed by atoms with Crippen LogP contribution >= 0.6 is 0 Å². The summed E-state index contributed by atoms with van der Waals surface area (Å²) in [4.78, 5) is 11.8. The van der Waals surface area contributed by atoms with Crippen LogP contribution in [0, 0.1) is 0 Å². The number of ether oxygens (including phenoxy) is 4. The quantitative estimate of drug-likeness (QED) is 0.268. The van der Waals surface area contributed by atoms with E-state index in [0.29, 0.717) is 24.3 Å². The Hall–Kier alpha value is -3.60. The third kappa shape index (κ3) is 6.95. The number of hydrogen-bond acceptors (Lipinski definition) is 7. The first kappa shape index (κ1) is 26.0. The highest BCUT2D eigenvalue weighted by atomic mass is 32.2. The van der Waals surface area contributed by atoms with E-state index < -0.39 is 16.0 Å². The minimum absolute atomic E-state index is 0.00959. The normalized spacial score (nSPS) is 11.1. The number of para-hydroxylation sites is 1. The number of sulfonamides is 1. The van der Waals surface area contributed by atoms with Crippen molar-refractivity contribution < 1.29 is 37.3 Å². The molecule has 0 aliphatic carbocycles. The third-order valence-corrected chi connectivity index (χ3v) is 6.47. The highest BCUT2D eigenvalue weighted by Crippen LogP contribution is 2.33. The molecule has 2 N–H and O–H groups in total. The highest BCUT2D eigenvalue weighted by Gasteiger charge is 2.25. The average Bonchev–Trinajstić information content (AvgIpc) is 2.84. The van der Waals surface area contributed by atoms with Crippen LogP contribution in [0.4, 0.5) is 5.69 Å². The Kier molecular flexibility index (Phi) is 9.07. The first-order chi connectivity index (χ1) is 16.9. The van der Waals surface area contributed by atoms with Crippen molar-refractivity contribution in [3.63, 3.8) is 0 Å². The molecule has 3 aromatic rings. The van der Waals surface area contributed by atoms with Crippen LogP contribution in [0.15, 0.2) is 71.6 Å². The molecule has 0 aliphatic rings. The van der Waals surface area contributed by atoms with Crippen LogP contribution in [-0.4, -0.2) is 53.7 Å². The van der Waals surface area contributed by atoms with Gasteiger partial charge in [-0.05, 0) is 47.9 Å². The van der Waals surface area contributed by atoms with Crippen LogP contribution in [0.3, 0.4) is 0 Å².